The maximum absolute atomic E-state index is 13.6. The number of benzene rings is 2. The normalized spacial score (nSPS) is 10.8. The summed E-state index contributed by atoms with van der Waals surface area (Å²) < 4.78 is 19.3. The number of nitrogens with two attached hydrogens (primary N) is 1. The van der Waals surface area contributed by atoms with Crippen LogP contribution in [0.25, 0.3) is 0 Å². The van der Waals surface area contributed by atoms with Crippen molar-refractivity contribution < 1.29 is 9.13 Å². The van der Waals surface area contributed by atoms with Crippen LogP contribution in [0.1, 0.15) is 30.9 Å². The fourth-order valence-electron chi connectivity index (χ4n) is 1.88. The molecule has 0 heterocycles. The van der Waals surface area contributed by atoms with E-state index < -0.39 is 0 Å². The standard InChI is InChI=1S/C16H18FNO/c1-11(2)12-6-8-13(9-7-12)19-16-5-3-4-15(17)14(16)10-18/h3-9,11H,10,18H2,1-2H3. The maximum atomic E-state index is 13.6. The molecule has 0 saturated heterocycles. The zero-order valence-electron chi connectivity index (χ0n) is 11.2. The fraction of sp³-hybridized carbons (Fsp3) is 0.250. The molecule has 0 aliphatic carbocycles. The van der Waals surface area contributed by atoms with Gasteiger partial charge in [0.05, 0.1) is 0 Å². The van der Waals surface area contributed by atoms with E-state index in [0.717, 1.165) is 0 Å². The minimum atomic E-state index is -0.334. The zero-order valence-corrected chi connectivity index (χ0v) is 11.2. The SMILES string of the molecule is CC(C)c1ccc(Oc2cccc(F)c2CN)cc1. The summed E-state index contributed by atoms with van der Waals surface area (Å²) in [6.07, 6.45) is 0. The summed E-state index contributed by atoms with van der Waals surface area (Å²) in [6.45, 7) is 4.38. The zero-order chi connectivity index (χ0) is 13.8. The van der Waals surface area contributed by atoms with E-state index >= 15 is 0 Å². The summed E-state index contributed by atoms with van der Waals surface area (Å²) in [4.78, 5) is 0. The maximum Gasteiger partial charge on any atom is 0.134 e. The molecule has 0 aromatic heterocycles. The molecule has 100 valence electrons. The molecule has 2 aromatic carbocycles. The smallest absolute Gasteiger partial charge is 0.134 e. The van der Waals surface area contributed by atoms with Crippen LogP contribution in [-0.2, 0) is 6.54 Å². The van der Waals surface area contributed by atoms with Gasteiger partial charge in [-0.05, 0) is 35.7 Å². The van der Waals surface area contributed by atoms with Crippen LogP contribution in [0.5, 0.6) is 11.5 Å². The van der Waals surface area contributed by atoms with Crippen LogP contribution in [0.15, 0.2) is 42.5 Å². The summed E-state index contributed by atoms with van der Waals surface area (Å²) in [7, 11) is 0. The first-order chi connectivity index (χ1) is 9.11. The third-order valence-corrected chi connectivity index (χ3v) is 3.05. The van der Waals surface area contributed by atoms with Crippen molar-refractivity contribution in [2.75, 3.05) is 0 Å². The largest absolute Gasteiger partial charge is 0.457 e. The highest BCUT2D eigenvalue weighted by Crippen LogP contribution is 2.28. The molecule has 0 unspecified atom stereocenters. The number of rotatable bonds is 4. The average Bonchev–Trinajstić information content (AvgIpc) is 2.39. The first kappa shape index (κ1) is 13.6. The van der Waals surface area contributed by atoms with Crippen LogP contribution in [0, 0.1) is 5.82 Å². The van der Waals surface area contributed by atoms with Gasteiger partial charge in [0.25, 0.3) is 0 Å². The number of hydrogen-bond acceptors (Lipinski definition) is 2. The van der Waals surface area contributed by atoms with E-state index in [9.17, 15) is 4.39 Å². The van der Waals surface area contributed by atoms with E-state index in [2.05, 4.69) is 13.8 Å². The molecule has 19 heavy (non-hydrogen) atoms. The van der Waals surface area contributed by atoms with Crippen LogP contribution in [0.2, 0.25) is 0 Å². The van der Waals surface area contributed by atoms with Gasteiger partial charge in [0, 0.05) is 12.1 Å². The van der Waals surface area contributed by atoms with Crippen LogP contribution >= 0.6 is 0 Å². The highest BCUT2D eigenvalue weighted by molar-refractivity contribution is 5.39. The predicted molar refractivity (Wildman–Crippen MR) is 74.9 cm³/mol. The quantitative estimate of drug-likeness (QED) is 0.893. The van der Waals surface area contributed by atoms with Gasteiger partial charge in [-0.2, -0.15) is 0 Å². The monoisotopic (exact) mass is 259 g/mol. The Morgan fingerprint density at radius 1 is 1.11 bits per heavy atom. The Hall–Kier alpha value is -1.87. The van der Waals surface area contributed by atoms with Gasteiger partial charge in [-0.25, -0.2) is 4.39 Å². The topological polar surface area (TPSA) is 35.2 Å². The number of ether oxygens (including phenoxy) is 1. The number of hydrogen-bond donors (Lipinski definition) is 1. The van der Waals surface area contributed by atoms with Gasteiger partial charge in [-0.15, -0.1) is 0 Å². The van der Waals surface area contributed by atoms with Crippen LogP contribution < -0.4 is 10.5 Å². The Labute approximate surface area is 113 Å². The minimum absolute atomic E-state index is 0.117. The van der Waals surface area contributed by atoms with Crippen LogP contribution in [0.3, 0.4) is 0 Å². The van der Waals surface area contributed by atoms with E-state index in [-0.39, 0.29) is 12.4 Å². The summed E-state index contributed by atoms with van der Waals surface area (Å²) in [5.74, 6) is 1.30. The summed E-state index contributed by atoms with van der Waals surface area (Å²) >= 11 is 0. The first-order valence-electron chi connectivity index (χ1n) is 6.37. The molecule has 3 heteroatoms. The average molecular weight is 259 g/mol. The molecule has 0 aliphatic heterocycles. The number of halogens is 1. The second kappa shape index (κ2) is 5.85. The molecule has 0 saturated carbocycles. The lowest BCUT2D eigenvalue weighted by Crippen LogP contribution is -2.02. The van der Waals surface area contributed by atoms with E-state index in [1.807, 2.05) is 24.3 Å². The Balaban J connectivity index is 2.24. The summed E-state index contributed by atoms with van der Waals surface area (Å²) in [5, 5.41) is 0. The van der Waals surface area contributed by atoms with Crippen molar-refractivity contribution in [2.24, 2.45) is 5.73 Å². The van der Waals surface area contributed by atoms with Gasteiger partial charge in [0.15, 0.2) is 0 Å². The van der Waals surface area contributed by atoms with E-state index in [1.54, 1.807) is 12.1 Å². The van der Waals surface area contributed by atoms with Crippen molar-refractivity contribution in [1.29, 1.82) is 0 Å². The Kier molecular flexibility index (Phi) is 4.17. The van der Waals surface area contributed by atoms with Crippen LogP contribution in [-0.4, -0.2) is 0 Å². The lowest BCUT2D eigenvalue weighted by atomic mass is 10.0. The molecule has 0 radical (unpaired) electrons. The van der Waals surface area contributed by atoms with Crippen molar-refractivity contribution >= 4 is 0 Å². The first-order valence-corrected chi connectivity index (χ1v) is 6.37. The molecular weight excluding hydrogens is 241 g/mol. The van der Waals surface area contributed by atoms with Gasteiger partial charge in [0.2, 0.25) is 0 Å². The van der Waals surface area contributed by atoms with Gasteiger partial charge in [0.1, 0.15) is 17.3 Å². The molecule has 2 aromatic rings. The fourth-order valence-corrected chi connectivity index (χ4v) is 1.88. The summed E-state index contributed by atoms with van der Waals surface area (Å²) in [6, 6.07) is 12.5. The van der Waals surface area contributed by atoms with Crippen molar-refractivity contribution in [2.45, 2.75) is 26.3 Å². The molecule has 2 nitrogen and oxygen atoms in total. The molecule has 2 N–H and O–H groups in total. The molecule has 0 atom stereocenters. The molecule has 0 spiro atoms. The van der Waals surface area contributed by atoms with Gasteiger partial charge in [-0.1, -0.05) is 32.0 Å². The minimum Gasteiger partial charge on any atom is -0.457 e. The molecular formula is C16H18FNO. The van der Waals surface area contributed by atoms with Gasteiger partial charge < -0.3 is 10.5 Å². The summed E-state index contributed by atoms with van der Waals surface area (Å²) in [5.41, 5.74) is 7.19. The lowest BCUT2D eigenvalue weighted by Gasteiger charge is -2.12. The molecule has 2 rings (SSSR count). The molecule has 0 amide bonds. The van der Waals surface area contributed by atoms with E-state index in [0.29, 0.717) is 23.0 Å². The van der Waals surface area contributed by atoms with E-state index in [1.165, 1.54) is 11.6 Å². The van der Waals surface area contributed by atoms with Crippen molar-refractivity contribution in [3.05, 3.63) is 59.4 Å². The van der Waals surface area contributed by atoms with E-state index in [4.69, 9.17) is 10.5 Å². The van der Waals surface area contributed by atoms with Crippen molar-refractivity contribution in [1.82, 2.24) is 0 Å². The highest BCUT2D eigenvalue weighted by atomic mass is 19.1. The Morgan fingerprint density at radius 3 is 2.37 bits per heavy atom. The molecule has 0 aliphatic rings. The third-order valence-electron chi connectivity index (χ3n) is 3.05. The predicted octanol–water partition coefficient (Wildman–Crippen LogP) is 4.20. The lowest BCUT2D eigenvalue weighted by molar-refractivity contribution is 0.467. The van der Waals surface area contributed by atoms with Crippen molar-refractivity contribution in [3.63, 3.8) is 0 Å². The van der Waals surface area contributed by atoms with Gasteiger partial charge in [-0.3, -0.25) is 0 Å². The van der Waals surface area contributed by atoms with Crippen molar-refractivity contribution in [3.8, 4) is 11.5 Å². The highest BCUT2D eigenvalue weighted by Gasteiger charge is 2.09. The molecule has 0 fully saturated rings. The molecule has 0 bridgehead atoms. The second-order valence-corrected chi connectivity index (χ2v) is 4.75. The van der Waals surface area contributed by atoms with Gasteiger partial charge >= 0.3 is 0 Å². The Morgan fingerprint density at radius 2 is 1.79 bits per heavy atom. The third kappa shape index (κ3) is 3.12. The Bertz CT molecular complexity index is 549. The second-order valence-electron chi connectivity index (χ2n) is 4.75. The van der Waals surface area contributed by atoms with Crippen LogP contribution in [0.4, 0.5) is 4.39 Å².